The number of aryl methyl sites for hydroxylation is 1. The third-order valence-corrected chi connectivity index (χ3v) is 4.22. The Balaban J connectivity index is 1.59. The van der Waals surface area contributed by atoms with Crippen molar-refractivity contribution in [3.05, 3.63) is 58.6 Å². The number of amides is 1. The maximum absolute atomic E-state index is 12.1. The highest BCUT2D eigenvalue weighted by atomic mass is 35.5. The second-order valence-corrected chi connectivity index (χ2v) is 5.90. The van der Waals surface area contributed by atoms with Crippen molar-refractivity contribution in [1.29, 1.82) is 0 Å². The minimum Gasteiger partial charge on any atom is -0.493 e. The lowest BCUT2D eigenvalue weighted by Crippen LogP contribution is -2.35. The van der Waals surface area contributed by atoms with Gasteiger partial charge in [-0.1, -0.05) is 29.8 Å². The van der Waals surface area contributed by atoms with Gasteiger partial charge in [0, 0.05) is 17.0 Å². The number of rotatable bonds is 4. The van der Waals surface area contributed by atoms with Gasteiger partial charge in [0.05, 0.1) is 12.6 Å². The van der Waals surface area contributed by atoms with Gasteiger partial charge in [-0.05, 0) is 36.8 Å². The maximum atomic E-state index is 12.1. The summed E-state index contributed by atoms with van der Waals surface area (Å²) >= 11 is 5.97. The Bertz CT molecular complexity index is 717. The molecule has 0 saturated carbocycles. The fourth-order valence-electron chi connectivity index (χ4n) is 2.58. The van der Waals surface area contributed by atoms with Gasteiger partial charge in [0.15, 0.2) is 6.61 Å². The van der Waals surface area contributed by atoms with Crippen LogP contribution in [0.4, 0.5) is 0 Å². The highest BCUT2D eigenvalue weighted by Gasteiger charge is 2.22. The summed E-state index contributed by atoms with van der Waals surface area (Å²) in [6, 6.07) is 13.1. The molecule has 3 rings (SSSR count). The van der Waals surface area contributed by atoms with E-state index in [-0.39, 0.29) is 18.6 Å². The molecule has 23 heavy (non-hydrogen) atoms. The SMILES string of the molecule is Cc1cc(OCC(=O)NC2CCOc3ccccc32)ccc1Cl. The fourth-order valence-corrected chi connectivity index (χ4v) is 2.70. The number of para-hydroxylation sites is 1. The van der Waals surface area contributed by atoms with E-state index in [4.69, 9.17) is 21.1 Å². The van der Waals surface area contributed by atoms with E-state index in [1.54, 1.807) is 12.1 Å². The summed E-state index contributed by atoms with van der Waals surface area (Å²) in [5, 5.41) is 3.68. The number of carbonyl (C=O) groups excluding carboxylic acids is 1. The second kappa shape index (κ2) is 6.92. The van der Waals surface area contributed by atoms with Gasteiger partial charge in [-0.15, -0.1) is 0 Å². The summed E-state index contributed by atoms with van der Waals surface area (Å²) in [4.78, 5) is 12.1. The fraction of sp³-hybridized carbons (Fsp3) is 0.278. The molecule has 0 aromatic heterocycles. The van der Waals surface area contributed by atoms with Crippen molar-refractivity contribution in [2.45, 2.75) is 19.4 Å². The molecule has 0 bridgehead atoms. The molecule has 2 aromatic carbocycles. The molecule has 120 valence electrons. The number of ether oxygens (including phenoxy) is 2. The normalized spacial score (nSPS) is 16.2. The predicted molar refractivity (Wildman–Crippen MR) is 89.1 cm³/mol. The molecule has 1 aliphatic heterocycles. The van der Waals surface area contributed by atoms with E-state index in [1.165, 1.54) is 0 Å². The van der Waals surface area contributed by atoms with Crippen LogP contribution in [0.25, 0.3) is 0 Å². The molecule has 1 amide bonds. The van der Waals surface area contributed by atoms with E-state index >= 15 is 0 Å². The first-order chi connectivity index (χ1) is 11.1. The molecule has 4 nitrogen and oxygen atoms in total. The molecule has 0 spiro atoms. The standard InChI is InChI=1S/C18H18ClNO3/c1-12-10-13(6-7-15(12)19)23-11-18(21)20-16-8-9-22-17-5-3-2-4-14(16)17/h2-7,10,16H,8-9,11H2,1H3,(H,20,21). The molecule has 1 heterocycles. The average molecular weight is 332 g/mol. The van der Waals surface area contributed by atoms with Crippen molar-refractivity contribution in [3.63, 3.8) is 0 Å². The lowest BCUT2D eigenvalue weighted by molar-refractivity contribution is -0.124. The number of halogens is 1. The smallest absolute Gasteiger partial charge is 0.258 e. The Morgan fingerprint density at radius 2 is 2.17 bits per heavy atom. The van der Waals surface area contributed by atoms with E-state index in [0.717, 1.165) is 23.3 Å². The Morgan fingerprint density at radius 3 is 3.00 bits per heavy atom. The van der Waals surface area contributed by atoms with Gasteiger partial charge < -0.3 is 14.8 Å². The zero-order valence-electron chi connectivity index (χ0n) is 12.8. The summed E-state index contributed by atoms with van der Waals surface area (Å²) < 4.78 is 11.1. The van der Waals surface area contributed by atoms with Crippen LogP contribution in [0.1, 0.15) is 23.6 Å². The van der Waals surface area contributed by atoms with Gasteiger partial charge in [-0.2, -0.15) is 0 Å². The van der Waals surface area contributed by atoms with Gasteiger partial charge in [0.2, 0.25) is 0 Å². The second-order valence-electron chi connectivity index (χ2n) is 5.49. The van der Waals surface area contributed by atoms with Gasteiger partial charge in [-0.3, -0.25) is 4.79 Å². The van der Waals surface area contributed by atoms with E-state index in [1.807, 2.05) is 37.3 Å². The van der Waals surface area contributed by atoms with Crippen LogP contribution in [0, 0.1) is 6.92 Å². The van der Waals surface area contributed by atoms with Crippen LogP contribution in [0.5, 0.6) is 11.5 Å². The Morgan fingerprint density at radius 1 is 1.35 bits per heavy atom. The highest BCUT2D eigenvalue weighted by Crippen LogP contribution is 2.31. The van der Waals surface area contributed by atoms with Gasteiger partial charge in [0.1, 0.15) is 11.5 Å². The topological polar surface area (TPSA) is 47.6 Å². The summed E-state index contributed by atoms with van der Waals surface area (Å²) in [6.07, 6.45) is 0.753. The van der Waals surface area contributed by atoms with Crippen molar-refractivity contribution >= 4 is 17.5 Å². The van der Waals surface area contributed by atoms with Crippen molar-refractivity contribution in [1.82, 2.24) is 5.32 Å². The first-order valence-electron chi connectivity index (χ1n) is 7.53. The molecular weight excluding hydrogens is 314 g/mol. The molecule has 1 atom stereocenters. The van der Waals surface area contributed by atoms with Crippen molar-refractivity contribution in [2.75, 3.05) is 13.2 Å². The van der Waals surface area contributed by atoms with Gasteiger partial charge in [-0.25, -0.2) is 0 Å². The molecule has 0 aliphatic carbocycles. The third-order valence-electron chi connectivity index (χ3n) is 3.79. The molecule has 5 heteroatoms. The van der Waals surface area contributed by atoms with Crippen LogP contribution in [-0.4, -0.2) is 19.1 Å². The Labute approximate surface area is 140 Å². The first kappa shape index (κ1) is 15.7. The number of hydrogen-bond donors (Lipinski definition) is 1. The monoisotopic (exact) mass is 331 g/mol. The summed E-state index contributed by atoms with van der Waals surface area (Å²) in [6.45, 7) is 2.47. The summed E-state index contributed by atoms with van der Waals surface area (Å²) in [5.41, 5.74) is 1.93. The van der Waals surface area contributed by atoms with Gasteiger partial charge >= 0.3 is 0 Å². The zero-order valence-corrected chi connectivity index (χ0v) is 13.6. The van der Waals surface area contributed by atoms with Crippen LogP contribution < -0.4 is 14.8 Å². The summed E-state index contributed by atoms with van der Waals surface area (Å²) in [7, 11) is 0. The van der Waals surface area contributed by atoms with Crippen LogP contribution in [0.3, 0.4) is 0 Å². The predicted octanol–water partition coefficient (Wildman–Crippen LogP) is 3.67. The lowest BCUT2D eigenvalue weighted by atomic mass is 10.0. The highest BCUT2D eigenvalue weighted by molar-refractivity contribution is 6.31. The summed E-state index contributed by atoms with van der Waals surface area (Å²) in [5.74, 6) is 1.31. The molecular formula is C18H18ClNO3. The molecule has 0 saturated heterocycles. The third kappa shape index (κ3) is 3.77. The van der Waals surface area contributed by atoms with Gasteiger partial charge in [0.25, 0.3) is 5.91 Å². The van der Waals surface area contributed by atoms with Crippen LogP contribution in [0.15, 0.2) is 42.5 Å². The zero-order chi connectivity index (χ0) is 16.2. The van der Waals surface area contributed by atoms with E-state index < -0.39 is 0 Å². The molecule has 1 aliphatic rings. The molecule has 1 N–H and O–H groups in total. The van der Waals surface area contributed by atoms with E-state index in [0.29, 0.717) is 17.4 Å². The molecule has 0 fully saturated rings. The largest absolute Gasteiger partial charge is 0.493 e. The average Bonchev–Trinajstić information content (AvgIpc) is 2.56. The number of carbonyl (C=O) groups is 1. The molecule has 2 aromatic rings. The van der Waals surface area contributed by atoms with Crippen molar-refractivity contribution in [3.8, 4) is 11.5 Å². The minimum absolute atomic E-state index is 0.0272. The molecule has 1 unspecified atom stereocenters. The number of nitrogens with one attached hydrogen (secondary N) is 1. The quantitative estimate of drug-likeness (QED) is 0.930. The maximum Gasteiger partial charge on any atom is 0.258 e. The minimum atomic E-state index is -0.153. The van der Waals surface area contributed by atoms with Crippen LogP contribution in [0.2, 0.25) is 5.02 Å². The number of benzene rings is 2. The van der Waals surface area contributed by atoms with Crippen LogP contribution >= 0.6 is 11.6 Å². The van der Waals surface area contributed by atoms with Crippen molar-refractivity contribution in [2.24, 2.45) is 0 Å². The van der Waals surface area contributed by atoms with E-state index in [9.17, 15) is 4.79 Å². The molecule has 0 radical (unpaired) electrons. The van der Waals surface area contributed by atoms with E-state index in [2.05, 4.69) is 5.32 Å². The number of hydrogen-bond acceptors (Lipinski definition) is 3. The van der Waals surface area contributed by atoms with Crippen molar-refractivity contribution < 1.29 is 14.3 Å². The Hall–Kier alpha value is -2.20. The lowest BCUT2D eigenvalue weighted by Gasteiger charge is -2.26. The Kier molecular flexibility index (Phi) is 4.72. The van der Waals surface area contributed by atoms with Crippen LogP contribution in [-0.2, 0) is 4.79 Å². The number of fused-ring (bicyclic) bond motifs is 1. The first-order valence-corrected chi connectivity index (χ1v) is 7.91.